The zero-order valence-electron chi connectivity index (χ0n) is 16.1. The molecule has 0 aliphatic carbocycles. The fourth-order valence-electron chi connectivity index (χ4n) is 2.35. The van der Waals surface area contributed by atoms with E-state index in [4.69, 9.17) is 14.2 Å². The first-order valence-corrected chi connectivity index (χ1v) is 8.79. The third kappa shape index (κ3) is 6.12. The molecule has 0 bridgehead atoms. The van der Waals surface area contributed by atoms with E-state index in [1.54, 1.807) is 18.2 Å². The smallest absolute Gasteiger partial charge is 0.344 e. The van der Waals surface area contributed by atoms with Gasteiger partial charge in [-0.2, -0.15) is 0 Å². The standard InChI is InChI=1S/C21H23NO6/c1-4-15-5-8-17(9-6-15)22-20(24)12-28-21(25)13-27-18-10-7-16(14(2)23)11-19(18)26-3/h5-11H,4,12-13H2,1-3H3,(H,22,24). The first-order chi connectivity index (χ1) is 13.4. The third-order valence-corrected chi connectivity index (χ3v) is 3.93. The second kappa shape index (κ2) is 10.1. The Morgan fingerprint density at radius 2 is 1.68 bits per heavy atom. The lowest BCUT2D eigenvalue weighted by Gasteiger charge is -2.11. The van der Waals surface area contributed by atoms with Gasteiger partial charge >= 0.3 is 5.97 Å². The molecule has 0 saturated heterocycles. The maximum atomic E-state index is 11.9. The van der Waals surface area contributed by atoms with E-state index in [1.807, 2.05) is 19.1 Å². The summed E-state index contributed by atoms with van der Waals surface area (Å²) >= 11 is 0. The van der Waals surface area contributed by atoms with Crippen LogP contribution in [0.2, 0.25) is 0 Å². The Balaban J connectivity index is 1.80. The van der Waals surface area contributed by atoms with Crippen LogP contribution >= 0.6 is 0 Å². The van der Waals surface area contributed by atoms with Gasteiger partial charge in [0.05, 0.1) is 7.11 Å². The predicted molar refractivity (Wildman–Crippen MR) is 104 cm³/mol. The van der Waals surface area contributed by atoms with Crippen molar-refractivity contribution in [2.45, 2.75) is 20.3 Å². The second-order valence-corrected chi connectivity index (χ2v) is 5.97. The zero-order chi connectivity index (χ0) is 20.5. The van der Waals surface area contributed by atoms with Crippen molar-refractivity contribution in [3.63, 3.8) is 0 Å². The van der Waals surface area contributed by atoms with E-state index in [-0.39, 0.29) is 5.78 Å². The van der Waals surface area contributed by atoms with Crippen LogP contribution < -0.4 is 14.8 Å². The summed E-state index contributed by atoms with van der Waals surface area (Å²) in [6.45, 7) is 2.67. The van der Waals surface area contributed by atoms with Gasteiger partial charge < -0.3 is 19.5 Å². The molecule has 0 unspecified atom stereocenters. The maximum Gasteiger partial charge on any atom is 0.344 e. The number of benzene rings is 2. The minimum atomic E-state index is -0.700. The van der Waals surface area contributed by atoms with Gasteiger partial charge in [-0.3, -0.25) is 9.59 Å². The highest BCUT2D eigenvalue weighted by Crippen LogP contribution is 2.28. The van der Waals surface area contributed by atoms with Crippen molar-refractivity contribution in [3.05, 3.63) is 53.6 Å². The largest absolute Gasteiger partial charge is 0.493 e. The van der Waals surface area contributed by atoms with Crippen LogP contribution in [0.25, 0.3) is 0 Å². The van der Waals surface area contributed by atoms with Crippen LogP contribution in [0.15, 0.2) is 42.5 Å². The Kier molecular flexibility index (Phi) is 7.56. The molecule has 2 rings (SSSR count). The number of esters is 1. The number of hydrogen-bond donors (Lipinski definition) is 1. The minimum absolute atomic E-state index is 0.111. The molecule has 2 aromatic carbocycles. The van der Waals surface area contributed by atoms with Crippen LogP contribution in [0.5, 0.6) is 11.5 Å². The van der Waals surface area contributed by atoms with E-state index in [9.17, 15) is 14.4 Å². The molecule has 1 N–H and O–H groups in total. The zero-order valence-corrected chi connectivity index (χ0v) is 16.1. The Hall–Kier alpha value is -3.35. The number of aryl methyl sites for hydroxylation is 1. The molecule has 7 heteroatoms. The number of Topliss-reactive ketones (excluding diaryl/α,β-unsaturated/α-hetero) is 1. The summed E-state index contributed by atoms with van der Waals surface area (Å²) in [5.74, 6) is -0.631. The molecule has 148 valence electrons. The highest BCUT2D eigenvalue weighted by atomic mass is 16.6. The molecule has 0 heterocycles. The number of carbonyl (C=O) groups is 3. The van der Waals surface area contributed by atoms with Crippen molar-refractivity contribution in [3.8, 4) is 11.5 Å². The first-order valence-electron chi connectivity index (χ1n) is 8.79. The molecule has 28 heavy (non-hydrogen) atoms. The molecule has 0 saturated carbocycles. The number of methoxy groups -OCH3 is 1. The van der Waals surface area contributed by atoms with E-state index in [2.05, 4.69) is 5.32 Å². The van der Waals surface area contributed by atoms with E-state index in [1.165, 1.54) is 26.2 Å². The number of rotatable bonds is 9. The maximum absolute atomic E-state index is 11.9. The number of ether oxygens (including phenoxy) is 3. The Morgan fingerprint density at radius 1 is 0.964 bits per heavy atom. The van der Waals surface area contributed by atoms with Crippen LogP contribution in [-0.4, -0.2) is 38.0 Å². The lowest BCUT2D eigenvalue weighted by molar-refractivity contribution is -0.149. The van der Waals surface area contributed by atoms with Crippen molar-refractivity contribution in [2.24, 2.45) is 0 Å². The Labute approximate surface area is 163 Å². The fourth-order valence-corrected chi connectivity index (χ4v) is 2.35. The summed E-state index contributed by atoms with van der Waals surface area (Å²) in [5.41, 5.74) is 2.26. The molecule has 2 aromatic rings. The predicted octanol–water partition coefficient (Wildman–Crippen LogP) is 3.02. The van der Waals surface area contributed by atoms with Gasteiger partial charge in [0, 0.05) is 11.3 Å². The van der Waals surface area contributed by atoms with Crippen molar-refractivity contribution in [2.75, 3.05) is 25.6 Å². The molecule has 0 spiro atoms. The lowest BCUT2D eigenvalue weighted by Crippen LogP contribution is -2.23. The van der Waals surface area contributed by atoms with Gasteiger partial charge in [0.25, 0.3) is 5.91 Å². The van der Waals surface area contributed by atoms with Crippen molar-refractivity contribution >= 4 is 23.3 Å². The van der Waals surface area contributed by atoms with Gasteiger partial charge in [-0.1, -0.05) is 19.1 Å². The molecule has 0 radical (unpaired) electrons. The van der Waals surface area contributed by atoms with Crippen LogP contribution in [0.3, 0.4) is 0 Å². The van der Waals surface area contributed by atoms with Gasteiger partial charge in [0.15, 0.2) is 30.5 Å². The Morgan fingerprint density at radius 3 is 2.29 bits per heavy atom. The van der Waals surface area contributed by atoms with Crippen LogP contribution in [0.1, 0.15) is 29.8 Å². The summed E-state index contributed by atoms with van der Waals surface area (Å²) < 4.78 is 15.4. The average molecular weight is 385 g/mol. The molecule has 0 aliphatic rings. The molecule has 0 aromatic heterocycles. The van der Waals surface area contributed by atoms with E-state index < -0.39 is 25.1 Å². The van der Waals surface area contributed by atoms with Crippen LogP contribution in [0.4, 0.5) is 5.69 Å². The first kappa shape index (κ1) is 21.0. The molecule has 0 fully saturated rings. The minimum Gasteiger partial charge on any atom is -0.493 e. The topological polar surface area (TPSA) is 90.9 Å². The molecule has 0 atom stereocenters. The van der Waals surface area contributed by atoms with Crippen LogP contribution in [-0.2, 0) is 20.7 Å². The summed E-state index contributed by atoms with van der Waals surface area (Å²) in [6.07, 6.45) is 0.911. The van der Waals surface area contributed by atoms with Crippen molar-refractivity contribution in [1.29, 1.82) is 0 Å². The summed E-state index contributed by atoms with van der Waals surface area (Å²) in [7, 11) is 1.43. The number of amides is 1. The highest BCUT2D eigenvalue weighted by molar-refractivity contribution is 5.94. The molecular weight excluding hydrogens is 362 g/mol. The van der Waals surface area contributed by atoms with Crippen molar-refractivity contribution < 1.29 is 28.6 Å². The third-order valence-electron chi connectivity index (χ3n) is 3.93. The van der Waals surface area contributed by atoms with E-state index in [0.29, 0.717) is 22.7 Å². The quantitative estimate of drug-likeness (QED) is 0.527. The highest BCUT2D eigenvalue weighted by Gasteiger charge is 2.12. The molecular formula is C21H23NO6. The molecule has 7 nitrogen and oxygen atoms in total. The molecule has 1 amide bonds. The van der Waals surface area contributed by atoms with E-state index in [0.717, 1.165) is 12.0 Å². The second-order valence-electron chi connectivity index (χ2n) is 5.97. The monoisotopic (exact) mass is 385 g/mol. The van der Waals surface area contributed by atoms with Gasteiger partial charge in [0.1, 0.15) is 0 Å². The van der Waals surface area contributed by atoms with Gasteiger partial charge in [-0.15, -0.1) is 0 Å². The summed E-state index contributed by atoms with van der Waals surface area (Å²) in [6, 6.07) is 12.1. The number of hydrogen-bond acceptors (Lipinski definition) is 6. The SMILES string of the molecule is CCc1ccc(NC(=O)COC(=O)COc2ccc(C(C)=O)cc2OC)cc1. The molecule has 0 aliphatic heterocycles. The van der Waals surface area contributed by atoms with E-state index >= 15 is 0 Å². The average Bonchev–Trinajstić information content (AvgIpc) is 2.71. The number of ketones is 1. The fraction of sp³-hybridized carbons (Fsp3) is 0.286. The number of carbonyl (C=O) groups excluding carboxylic acids is 3. The normalized spacial score (nSPS) is 10.1. The van der Waals surface area contributed by atoms with Gasteiger partial charge in [-0.25, -0.2) is 4.79 Å². The lowest BCUT2D eigenvalue weighted by atomic mass is 10.1. The van der Waals surface area contributed by atoms with Gasteiger partial charge in [0.2, 0.25) is 0 Å². The van der Waals surface area contributed by atoms with Gasteiger partial charge in [-0.05, 0) is 49.2 Å². The Bertz CT molecular complexity index is 844. The summed E-state index contributed by atoms with van der Waals surface area (Å²) in [5, 5.41) is 2.65. The number of nitrogens with one attached hydrogen (secondary N) is 1. The number of anilines is 1. The van der Waals surface area contributed by atoms with Crippen molar-refractivity contribution in [1.82, 2.24) is 0 Å². The summed E-state index contributed by atoms with van der Waals surface area (Å²) in [4.78, 5) is 35.1. The van der Waals surface area contributed by atoms with Crippen LogP contribution in [0, 0.1) is 0 Å².